The first kappa shape index (κ1) is 10.4. The SMILES string of the molecule is Cc1cccc(Nc2ncc(F)c(=O)[nH]2)c1. The van der Waals surface area contributed by atoms with Crippen LogP contribution in [-0.4, -0.2) is 9.97 Å². The average Bonchev–Trinajstić information content (AvgIpc) is 2.24. The predicted molar refractivity (Wildman–Crippen MR) is 59.3 cm³/mol. The lowest BCUT2D eigenvalue weighted by molar-refractivity contribution is 0.601. The number of H-pyrrole nitrogens is 1. The number of nitrogens with zero attached hydrogens (tertiary/aromatic N) is 1. The van der Waals surface area contributed by atoms with Crippen LogP contribution in [0.1, 0.15) is 5.56 Å². The summed E-state index contributed by atoms with van der Waals surface area (Å²) in [5, 5.41) is 2.88. The second kappa shape index (κ2) is 4.14. The van der Waals surface area contributed by atoms with Crippen molar-refractivity contribution in [3.63, 3.8) is 0 Å². The van der Waals surface area contributed by atoms with E-state index in [9.17, 15) is 9.18 Å². The van der Waals surface area contributed by atoms with E-state index in [2.05, 4.69) is 15.3 Å². The van der Waals surface area contributed by atoms with Gasteiger partial charge >= 0.3 is 0 Å². The molecule has 1 aromatic carbocycles. The first-order valence-corrected chi connectivity index (χ1v) is 4.73. The molecule has 5 heteroatoms. The smallest absolute Gasteiger partial charge is 0.288 e. The third kappa shape index (κ3) is 2.25. The number of benzene rings is 1. The molecule has 4 nitrogen and oxygen atoms in total. The van der Waals surface area contributed by atoms with Gasteiger partial charge in [-0.25, -0.2) is 4.98 Å². The second-order valence-electron chi connectivity index (χ2n) is 3.40. The fourth-order valence-electron chi connectivity index (χ4n) is 1.30. The quantitative estimate of drug-likeness (QED) is 0.811. The Hall–Kier alpha value is -2.17. The molecule has 0 aliphatic rings. The monoisotopic (exact) mass is 219 g/mol. The van der Waals surface area contributed by atoms with Gasteiger partial charge in [0.1, 0.15) is 0 Å². The molecule has 0 saturated heterocycles. The van der Waals surface area contributed by atoms with E-state index in [1.54, 1.807) is 0 Å². The van der Waals surface area contributed by atoms with E-state index in [4.69, 9.17) is 0 Å². The number of nitrogens with one attached hydrogen (secondary N) is 2. The van der Waals surface area contributed by atoms with Gasteiger partial charge in [-0.1, -0.05) is 12.1 Å². The van der Waals surface area contributed by atoms with Crippen LogP contribution in [0.25, 0.3) is 0 Å². The maximum Gasteiger partial charge on any atom is 0.288 e. The fraction of sp³-hybridized carbons (Fsp3) is 0.0909. The topological polar surface area (TPSA) is 57.8 Å². The van der Waals surface area contributed by atoms with E-state index in [1.807, 2.05) is 31.2 Å². The molecule has 0 atom stereocenters. The zero-order valence-electron chi connectivity index (χ0n) is 8.62. The van der Waals surface area contributed by atoms with E-state index in [0.717, 1.165) is 17.4 Å². The molecule has 0 spiro atoms. The average molecular weight is 219 g/mol. The summed E-state index contributed by atoms with van der Waals surface area (Å²) in [5.74, 6) is -0.674. The molecule has 16 heavy (non-hydrogen) atoms. The third-order valence-electron chi connectivity index (χ3n) is 2.04. The number of aromatic nitrogens is 2. The zero-order valence-corrected chi connectivity index (χ0v) is 8.62. The van der Waals surface area contributed by atoms with E-state index in [0.29, 0.717) is 0 Å². The van der Waals surface area contributed by atoms with Crippen LogP contribution < -0.4 is 10.9 Å². The molecule has 2 aromatic rings. The fourth-order valence-corrected chi connectivity index (χ4v) is 1.30. The molecule has 2 N–H and O–H groups in total. The first-order chi connectivity index (χ1) is 7.65. The van der Waals surface area contributed by atoms with Gasteiger partial charge in [0.05, 0.1) is 6.20 Å². The highest BCUT2D eigenvalue weighted by Gasteiger charge is 2.01. The van der Waals surface area contributed by atoms with Crippen LogP contribution in [0.15, 0.2) is 35.3 Å². The molecule has 0 aliphatic heterocycles. The van der Waals surface area contributed by atoms with E-state index >= 15 is 0 Å². The molecule has 1 aromatic heterocycles. The van der Waals surface area contributed by atoms with E-state index in [1.165, 1.54) is 0 Å². The number of hydrogen-bond acceptors (Lipinski definition) is 3. The Bertz CT molecular complexity index is 565. The number of anilines is 2. The highest BCUT2D eigenvalue weighted by Crippen LogP contribution is 2.12. The van der Waals surface area contributed by atoms with Crippen molar-refractivity contribution >= 4 is 11.6 Å². The molecule has 0 unspecified atom stereocenters. The highest BCUT2D eigenvalue weighted by molar-refractivity contribution is 5.53. The van der Waals surface area contributed by atoms with Gasteiger partial charge in [-0.2, -0.15) is 4.39 Å². The van der Waals surface area contributed by atoms with Gasteiger partial charge < -0.3 is 5.32 Å². The highest BCUT2D eigenvalue weighted by atomic mass is 19.1. The molecular weight excluding hydrogens is 209 g/mol. The van der Waals surface area contributed by atoms with Gasteiger partial charge in [-0.3, -0.25) is 9.78 Å². The van der Waals surface area contributed by atoms with Crippen molar-refractivity contribution in [1.82, 2.24) is 9.97 Å². The molecular formula is C11H10FN3O. The van der Waals surface area contributed by atoms with Crippen LogP contribution in [0.5, 0.6) is 0 Å². The molecule has 0 bridgehead atoms. The maximum absolute atomic E-state index is 12.7. The number of hydrogen-bond donors (Lipinski definition) is 2. The molecule has 0 fully saturated rings. The zero-order chi connectivity index (χ0) is 11.5. The summed E-state index contributed by atoms with van der Waals surface area (Å²) in [7, 11) is 0. The number of rotatable bonds is 2. The van der Waals surface area contributed by atoms with Crippen LogP contribution >= 0.6 is 0 Å². The van der Waals surface area contributed by atoms with Crippen molar-refractivity contribution in [2.75, 3.05) is 5.32 Å². The largest absolute Gasteiger partial charge is 0.326 e. The Labute approximate surface area is 91.2 Å². The van der Waals surface area contributed by atoms with E-state index in [-0.39, 0.29) is 5.95 Å². The lowest BCUT2D eigenvalue weighted by atomic mass is 10.2. The van der Waals surface area contributed by atoms with Gasteiger partial charge in [-0.15, -0.1) is 0 Å². The second-order valence-corrected chi connectivity index (χ2v) is 3.40. The molecule has 82 valence electrons. The summed E-state index contributed by atoms with van der Waals surface area (Å²) in [6.07, 6.45) is 0.886. The summed E-state index contributed by atoms with van der Waals surface area (Å²) in [6, 6.07) is 7.55. The van der Waals surface area contributed by atoms with E-state index < -0.39 is 11.4 Å². The van der Waals surface area contributed by atoms with Crippen molar-refractivity contribution in [2.45, 2.75) is 6.92 Å². The Morgan fingerprint density at radius 1 is 1.44 bits per heavy atom. The maximum atomic E-state index is 12.7. The van der Waals surface area contributed by atoms with Crippen molar-refractivity contribution < 1.29 is 4.39 Å². The van der Waals surface area contributed by atoms with Gasteiger partial charge in [0, 0.05) is 5.69 Å². The lowest BCUT2D eigenvalue weighted by Gasteiger charge is -2.05. The molecule has 2 rings (SSSR count). The third-order valence-corrected chi connectivity index (χ3v) is 2.04. The molecule has 0 aliphatic carbocycles. The molecule has 0 saturated carbocycles. The van der Waals surface area contributed by atoms with Crippen LogP contribution in [0.4, 0.5) is 16.0 Å². The summed E-state index contributed by atoms with van der Waals surface area (Å²) in [6.45, 7) is 1.95. The summed E-state index contributed by atoms with van der Waals surface area (Å²) >= 11 is 0. The van der Waals surface area contributed by atoms with Crippen LogP contribution in [-0.2, 0) is 0 Å². The Balaban J connectivity index is 2.27. The minimum atomic E-state index is -0.894. The standard InChI is InChI=1S/C11H10FN3O/c1-7-3-2-4-8(5-7)14-11-13-6-9(12)10(16)15-11/h2-6H,1H3,(H2,13,14,15,16). The minimum absolute atomic E-state index is 0.219. The minimum Gasteiger partial charge on any atom is -0.326 e. The number of aromatic amines is 1. The van der Waals surface area contributed by atoms with Crippen LogP contribution in [0.2, 0.25) is 0 Å². The lowest BCUT2D eigenvalue weighted by Crippen LogP contribution is -2.13. The summed E-state index contributed by atoms with van der Waals surface area (Å²) < 4.78 is 12.7. The first-order valence-electron chi connectivity index (χ1n) is 4.73. The summed E-state index contributed by atoms with van der Waals surface area (Å²) in [5.41, 5.74) is 1.08. The van der Waals surface area contributed by atoms with Crippen LogP contribution in [0, 0.1) is 12.7 Å². The molecule has 0 amide bonds. The normalized spacial score (nSPS) is 10.1. The molecule has 1 heterocycles. The number of aryl methyl sites for hydroxylation is 1. The van der Waals surface area contributed by atoms with Gasteiger partial charge in [0.2, 0.25) is 11.8 Å². The van der Waals surface area contributed by atoms with Gasteiger partial charge in [0.25, 0.3) is 5.56 Å². The van der Waals surface area contributed by atoms with Gasteiger partial charge in [-0.05, 0) is 24.6 Å². The Kier molecular flexibility index (Phi) is 2.68. The predicted octanol–water partition coefficient (Wildman–Crippen LogP) is 1.96. The Morgan fingerprint density at radius 2 is 2.25 bits per heavy atom. The Morgan fingerprint density at radius 3 is 2.94 bits per heavy atom. The number of halogens is 1. The van der Waals surface area contributed by atoms with Crippen molar-refractivity contribution in [1.29, 1.82) is 0 Å². The van der Waals surface area contributed by atoms with Crippen molar-refractivity contribution in [3.8, 4) is 0 Å². The van der Waals surface area contributed by atoms with Crippen LogP contribution in [0.3, 0.4) is 0 Å². The summed E-state index contributed by atoms with van der Waals surface area (Å²) in [4.78, 5) is 17.0. The molecule has 0 radical (unpaired) electrons. The van der Waals surface area contributed by atoms with Crippen molar-refractivity contribution in [2.24, 2.45) is 0 Å². The van der Waals surface area contributed by atoms with Crippen molar-refractivity contribution in [3.05, 3.63) is 52.2 Å². The van der Waals surface area contributed by atoms with Gasteiger partial charge in [0.15, 0.2) is 0 Å².